The van der Waals surface area contributed by atoms with Gasteiger partial charge in [0.2, 0.25) is 5.88 Å². The van der Waals surface area contributed by atoms with Crippen LogP contribution in [0.15, 0.2) is 36.8 Å². The van der Waals surface area contributed by atoms with Gasteiger partial charge in [-0.25, -0.2) is 4.98 Å². The lowest BCUT2D eigenvalue weighted by Crippen LogP contribution is -2.61. The number of ether oxygens (including phenoxy) is 1. The van der Waals surface area contributed by atoms with Crippen molar-refractivity contribution in [1.82, 2.24) is 14.9 Å². The number of nitrogens with zero attached hydrogens (tertiary/aromatic N) is 3. The summed E-state index contributed by atoms with van der Waals surface area (Å²) in [7, 11) is 0. The van der Waals surface area contributed by atoms with Gasteiger partial charge in [-0.2, -0.15) is 0 Å². The van der Waals surface area contributed by atoms with Crippen LogP contribution in [0.1, 0.15) is 24.0 Å². The second kappa shape index (κ2) is 5.45. The fraction of sp³-hybridized carbons (Fsp3) is 0.474. The molecule has 24 heavy (non-hydrogen) atoms. The summed E-state index contributed by atoms with van der Waals surface area (Å²) in [5, 5.41) is 3.45. The van der Waals surface area contributed by atoms with E-state index in [9.17, 15) is 0 Å². The summed E-state index contributed by atoms with van der Waals surface area (Å²) in [6.07, 6.45) is 9.10. The lowest BCUT2D eigenvalue weighted by atomic mass is 9.73. The van der Waals surface area contributed by atoms with Gasteiger partial charge in [0.25, 0.3) is 0 Å². The average molecular weight is 322 g/mol. The van der Waals surface area contributed by atoms with Crippen LogP contribution in [0.2, 0.25) is 0 Å². The molecule has 0 radical (unpaired) electrons. The third kappa shape index (κ3) is 2.35. The van der Waals surface area contributed by atoms with Crippen LogP contribution >= 0.6 is 0 Å². The third-order valence-electron chi connectivity index (χ3n) is 5.76. The first-order valence-electron chi connectivity index (χ1n) is 8.84. The van der Waals surface area contributed by atoms with E-state index in [2.05, 4.69) is 32.3 Å². The Morgan fingerprint density at radius 3 is 2.96 bits per heavy atom. The van der Waals surface area contributed by atoms with Gasteiger partial charge in [-0.1, -0.05) is 6.07 Å². The summed E-state index contributed by atoms with van der Waals surface area (Å²) in [4.78, 5) is 11.3. The number of hydrogen-bond acceptors (Lipinski definition) is 5. The molecule has 6 heterocycles. The average Bonchev–Trinajstić information content (AvgIpc) is 2.98. The first-order valence-corrected chi connectivity index (χ1v) is 8.84. The van der Waals surface area contributed by atoms with Crippen LogP contribution in [-0.2, 0) is 13.0 Å². The predicted octanol–water partition coefficient (Wildman–Crippen LogP) is 2.49. The zero-order valence-electron chi connectivity index (χ0n) is 13.7. The van der Waals surface area contributed by atoms with Gasteiger partial charge < -0.3 is 10.1 Å². The summed E-state index contributed by atoms with van der Waals surface area (Å²) < 4.78 is 6.40. The molecule has 0 saturated carbocycles. The maximum absolute atomic E-state index is 6.40. The van der Waals surface area contributed by atoms with E-state index in [1.54, 1.807) is 6.20 Å². The number of aromatic nitrogens is 2. The van der Waals surface area contributed by atoms with E-state index < -0.39 is 0 Å². The van der Waals surface area contributed by atoms with Crippen molar-refractivity contribution in [3.8, 4) is 5.88 Å². The van der Waals surface area contributed by atoms with Crippen LogP contribution in [0.5, 0.6) is 5.88 Å². The molecule has 2 bridgehead atoms. The summed E-state index contributed by atoms with van der Waals surface area (Å²) in [6.45, 7) is 4.29. The van der Waals surface area contributed by atoms with Crippen molar-refractivity contribution in [3.63, 3.8) is 0 Å². The predicted molar refractivity (Wildman–Crippen MR) is 92.0 cm³/mol. The number of piperidine rings is 3. The molecule has 1 atom stereocenters. The topological polar surface area (TPSA) is 50.3 Å². The van der Waals surface area contributed by atoms with E-state index in [-0.39, 0.29) is 5.60 Å². The van der Waals surface area contributed by atoms with Gasteiger partial charge in [0.15, 0.2) is 0 Å². The first kappa shape index (κ1) is 14.2. The summed E-state index contributed by atoms with van der Waals surface area (Å²) in [6, 6.07) is 6.25. The fourth-order valence-corrected chi connectivity index (χ4v) is 4.51. The van der Waals surface area contributed by atoms with Crippen molar-refractivity contribution in [2.75, 3.05) is 25.0 Å². The Hall–Kier alpha value is -2.14. The molecule has 2 aromatic rings. The summed E-state index contributed by atoms with van der Waals surface area (Å²) in [5.74, 6) is 1.53. The zero-order chi connectivity index (χ0) is 16.0. The van der Waals surface area contributed by atoms with Crippen LogP contribution in [0.3, 0.4) is 0 Å². The fourth-order valence-electron chi connectivity index (χ4n) is 4.51. The van der Waals surface area contributed by atoms with E-state index in [0.29, 0.717) is 5.92 Å². The number of pyridine rings is 2. The Morgan fingerprint density at radius 1 is 1.29 bits per heavy atom. The molecule has 4 aliphatic rings. The van der Waals surface area contributed by atoms with Crippen molar-refractivity contribution in [1.29, 1.82) is 0 Å². The standard InChI is InChI=1S/C19H22N4O/c1-2-14(10-20-5-1)11-21-17-8-15-9-19(24-18(15)22-12-17)13-23-6-3-16(19)4-7-23/h1-2,5,8,10,12,16,21H,3-4,6-7,9,11,13H2. The second-order valence-electron chi connectivity index (χ2n) is 7.30. The number of hydrogen-bond donors (Lipinski definition) is 1. The Kier molecular flexibility index (Phi) is 3.23. The number of nitrogens with one attached hydrogen (secondary N) is 1. The van der Waals surface area contributed by atoms with E-state index in [1.807, 2.05) is 18.5 Å². The molecule has 1 N–H and O–H groups in total. The van der Waals surface area contributed by atoms with Gasteiger partial charge >= 0.3 is 0 Å². The minimum Gasteiger partial charge on any atom is -0.469 e. The van der Waals surface area contributed by atoms with Gasteiger partial charge in [-0.3, -0.25) is 9.88 Å². The molecule has 4 aliphatic heterocycles. The van der Waals surface area contributed by atoms with E-state index in [4.69, 9.17) is 4.74 Å². The highest BCUT2D eigenvalue weighted by Crippen LogP contribution is 2.46. The maximum atomic E-state index is 6.40. The van der Waals surface area contributed by atoms with Gasteiger partial charge in [0, 0.05) is 43.4 Å². The molecule has 124 valence electrons. The molecule has 2 aromatic heterocycles. The molecule has 0 aromatic carbocycles. The number of anilines is 1. The summed E-state index contributed by atoms with van der Waals surface area (Å²) >= 11 is 0. The lowest BCUT2D eigenvalue weighted by molar-refractivity contribution is -0.0814. The number of fused-ring (bicyclic) bond motifs is 3. The van der Waals surface area contributed by atoms with E-state index in [1.165, 1.54) is 37.1 Å². The molecule has 1 unspecified atom stereocenters. The van der Waals surface area contributed by atoms with Crippen molar-refractivity contribution in [3.05, 3.63) is 47.9 Å². The van der Waals surface area contributed by atoms with Crippen LogP contribution in [0, 0.1) is 5.92 Å². The van der Waals surface area contributed by atoms with Crippen LogP contribution < -0.4 is 10.1 Å². The van der Waals surface area contributed by atoms with Crippen LogP contribution in [0.4, 0.5) is 5.69 Å². The van der Waals surface area contributed by atoms with E-state index in [0.717, 1.165) is 31.1 Å². The van der Waals surface area contributed by atoms with Crippen molar-refractivity contribution in [2.45, 2.75) is 31.4 Å². The van der Waals surface area contributed by atoms with Gasteiger partial charge in [-0.15, -0.1) is 0 Å². The van der Waals surface area contributed by atoms with Crippen LogP contribution in [0.25, 0.3) is 0 Å². The highest BCUT2D eigenvalue weighted by molar-refractivity contribution is 5.49. The molecule has 3 fully saturated rings. The maximum Gasteiger partial charge on any atom is 0.217 e. The van der Waals surface area contributed by atoms with E-state index >= 15 is 0 Å². The van der Waals surface area contributed by atoms with Crippen molar-refractivity contribution < 1.29 is 4.74 Å². The minimum atomic E-state index is -0.0200. The van der Waals surface area contributed by atoms with Crippen LogP contribution in [-0.4, -0.2) is 40.1 Å². The first-order chi connectivity index (χ1) is 11.8. The molecule has 5 heteroatoms. The summed E-state index contributed by atoms with van der Waals surface area (Å²) in [5.41, 5.74) is 3.45. The molecule has 0 aliphatic carbocycles. The molecule has 3 saturated heterocycles. The molecular formula is C19H22N4O. The highest BCUT2D eigenvalue weighted by Gasteiger charge is 2.52. The van der Waals surface area contributed by atoms with Gasteiger partial charge in [0.05, 0.1) is 11.9 Å². The Bertz CT molecular complexity index is 742. The SMILES string of the molecule is c1cncc(CNc2cnc3c(c2)CC2(CN4CCC2CC4)O3)c1. The van der Waals surface area contributed by atoms with Gasteiger partial charge in [0.1, 0.15) is 5.60 Å². The monoisotopic (exact) mass is 322 g/mol. The molecule has 0 amide bonds. The highest BCUT2D eigenvalue weighted by atomic mass is 16.5. The minimum absolute atomic E-state index is 0.0200. The molecule has 5 nitrogen and oxygen atoms in total. The van der Waals surface area contributed by atoms with Gasteiger partial charge in [-0.05, 0) is 43.6 Å². The van der Waals surface area contributed by atoms with Crippen molar-refractivity contribution in [2.24, 2.45) is 5.92 Å². The largest absolute Gasteiger partial charge is 0.469 e. The smallest absolute Gasteiger partial charge is 0.217 e. The van der Waals surface area contributed by atoms with Crippen molar-refractivity contribution >= 4 is 5.69 Å². The Balaban J connectivity index is 1.33. The molecule has 1 spiro atoms. The Labute approximate surface area is 142 Å². The second-order valence-corrected chi connectivity index (χ2v) is 7.30. The Morgan fingerprint density at radius 2 is 2.21 bits per heavy atom. The number of rotatable bonds is 3. The molecular weight excluding hydrogens is 300 g/mol. The lowest BCUT2D eigenvalue weighted by Gasteiger charge is -2.50. The molecule has 6 rings (SSSR count). The quantitative estimate of drug-likeness (QED) is 0.941. The zero-order valence-corrected chi connectivity index (χ0v) is 13.7. The third-order valence-corrected chi connectivity index (χ3v) is 5.76. The normalized spacial score (nSPS) is 30.2.